The van der Waals surface area contributed by atoms with E-state index in [9.17, 15) is 8.42 Å². The molecule has 0 bridgehead atoms. The summed E-state index contributed by atoms with van der Waals surface area (Å²) in [4.78, 5) is 2.18. The number of hydrogen-bond acceptors (Lipinski definition) is 4. The van der Waals surface area contributed by atoms with Crippen molar-refractivity contribution in [3.63, 3.8) is 0 Å². The van der Waals surface area contributed by atoms with E-state index in [2.05, 4.69) is 18.7 Å². The maximum absolute atomic E-state index is 12.5. The fourth-order valence-electron chi connectivity index (χ4n) is 2.41. The Hall–Kier alpha value is -1.42. The molecule has 6 heteroatoms. The van der Waals surface area contributed by atoms with Gasteiger partial charge in [0.15, 0.2) is 0 Å². The molecule has 0 amide bonds. The van der Waals surface area contributed by atoms with Gasteiger partial charge < -0.3 is 0 Å². The van der Waals surface area contributed by atoms with E-state index < -0.39 is 10.0 Å². The summed E-state index contributed by atoms with van der Waals surface area (Å²) in [7, 11) is -1.31. The zero-order chi connectivity index (χ0) is 15.7. The first kappa shape index (κ1) is 16.0. The third-order valence-electron chi connectivity index (χ3n) is 4.11. The fraction of sp³-hybridized carbons (Fsp3) is 0.533. The molecule has 1 aromatic rings. The zero-order valence-electron chi connectivity index (χ0n) is 12.7. The summed E-state index contributed by atoms with van der Waals surface area (Å²) in [5.74, 6) is -0.0154. The molecule has 114 valence electrons. The maximum atomic E-state index is 12.5. The van der Waals surface area contributed by atoms with E-state index in [4.69, 9.17) is 5.26 Å². The summed E-state index contributed by atoms with van der Waals surface area (Å²) < 4.78 is 26.7. The minimum atomic E-state index is -3.33. The second kappa shape index (κ2) is 5.76. The smallest absolute Gasteiger partial charge is 0.218 e. The minimum absolute atomic E-state index is 0.0154. The fourth-order valence-corrected chi connectivity index (χ4v) is 4.08. The van der Waals surface area contributed by atoms with Gasteiger partial charge in [-0.1, -0.05) is 12.1 Å². The summed E-state index contributed by atoms with van der Waals surface area (Å²) >= 11 is 0. The Kier molecular flexibility index (Phi) is 4.38. The molecule has 1 heterocycles. The van der Waals surface area contributed by atoms with Crippen LogP contribution in [0.5, 0.6) is 0 Å². The number of rotatable bonds is 3. The van der Waals surface area contributed by atoms with Crippen molar-refractivity contribution in [1.29, 1.82) is 5.26 Å². The normalized spacial score (nSPS) is 20.1. The van der Waals surface area contributed by atoms with Gasteiger partial charge in [-0.05, 0) is 38.6 Å². The molecule has 0 radical (unpaired) electrons. The Bertz CT molecular complexity index is 644. The molecule has 1 fully saturated rings. The molecule has 21 heavy (non-hydrogen) atoms. The summed E-state index contributed by atoms with van der Waals surface area (Å²) in [6, 6.07) is 8.75. The number of piperazine rings is 1. The molecule has 0 N–H and O–H groups in total. The highest BCUT2D eigenvalue weighted by molar-refractivity contribution is 7.88. The van der Waals surface area contributed by atoms with Crippen LogP contribution in [0.2, 0.25) is 0 Å². The summed E-state index contributed by atoms with van der Waals surface area (Å²) in [5, 5.41) is 8.77. The average molecular weight is 307 g/mol. The van der Waals surface area contributed by atoms with Crippen LogP contribution < -0.4 is 0 Å². The van der Waals surface area contributed by atoms with Crippen molar-refractivity contribution in [2.75, 3.05) is 26.7 Å². The van der Waals surface area contributed by atoms with E-state index in [1.807, 2.05) is 13.1 Å². The largest absolute Gasteiger partial charge is 0.299 e. The molecule has 5 nitrogen and oxygen atoms in total. The van der Waals surface area contributed by atoms with Gasteiger partial charge in [0.05, 0.1) is 17.4 Å². The first-order valence-corrected chi connectivity index (χ1v) is 8.54. The van der Waals surface area contributed by atoms with Gasteiger partial charge in [-0.2, -0.15) is 9.57 Å². The SMILES string of the molecule is CN1CCN(S(=O)(=O)Cc2ccc(C#N)cc2)CC1(C)C. The van der Waals surface area contributed by atoms with Crippen molar-refractivity contribution in [3.05, 3.63) is 35.4 Å². The monoisotopic (exact) mass is 307 g/mol. The second-order valence-corrected chi connectivity index (χ2v) is 8.10. The Balaban J connectivity index is 2.13. The van der Waals surface area contributed by atoms with Crippen molar-refractivity contribution in [2.24, 2.45) is 0 Å². The minimum Gasteiger partial charge on any atom is -0.299 e. The van der Waals surface area contributed by atoms with Gasteiger partial charge in [0.25, 0.3) is 0 Å². The average Bonchev–Trinajstić information content (AvgIpc) is 2.42. The van der Waals surface area contributed by atoms with Gasteiger partial charge in [-0.3, -0.25) is 4.90 Å². The lowest BCUT2D eigenvalue weighted by atomic mass is 10.0. The molecule has 0 aromatic heterocycles. The number of hydrogen-bond donors (Lipinski definition) is 0. The van der Waals surface area contributed by atoms with E-state index in [1.165, 1.54) is 0 Å². The molecule has 0 atom stereocenters. The van der Waals surface area contributed by atoms with Crippen molar-refractivity contribution in [1.82, 2.24) is 9.21 Å². The van der Waals surface area contributed by atoms with Crippen molar-refractivity contribution < 1.29 is 8.42 Å². The van der Waals surface area contributed by atoms with Gasteiger partial charge in [0.2, 0.25) is 10.0 Å². The van der Waals surface area contributed by atoms with E-state index in [0.717, 1.165) is 6.54 Å². The molecule has 1 aliphatic heterocycles. The Morgan fingerprint density at radius 3 is 2.38 bits per heavy atom. The highest BCUT2D eigenvalue weighted by atomic mass is 32.2. The van der Waals surface area contributed by atoms with E-state index in [-0.39, 0.29) is 11.3 Å². The Morgan fingerprint density at radius 2 is 1.86 bits per heavy atom. The van der Waals surface area contributed by atoms with E-state index in [0.29, 0.717) is 24.2 Å². The molecule has 0 spiro atoms. The molecule has 0 unspecified atom stereocenters. The third-order valence-corrected chi connectivity index (χ3v) is 5.90. The van der Waals surface area contributed by atoms with Crippen LogP contribution in [0.15, 0.2) is 24.3 Å². The number of benzene rings is 1. The van der Waals surface area contributed by atoms with Crippen LogP contribution in [-0.4, -0.2) is 49.8 Å². The molecule has 0 aliphatic carbocycles. The summed E-state index contributed by atoms with van der Waals surface area (Å²) in [6.07, 6.45) is 0. The molecular weight excluding hydrogens is 286 g/mol. The Labute approximate surface area is 126 Å². The van der Waals surface area contributed by atoms with E-state index in [1.54, 1.807) is 28.6 Å². The van der Waals surface area contributed by atoms with Gasteiger partial charge >= 0.3 is 0 Å². The topological polar surface area (TPSA) is 64.4 Å². The molecule has 1 aliphatic rings. The van der Waals surface area contributed by atoms with Crippen LogP contribution in [0.4, 0.5) is 0 Å². The maximum Gasteiger partial charge on any atom is 0.218 e. The third kappa shape index (κ3) is 3.62. The van der Waals surface area contributed by atoms with Crippen molar-refractivity contribution in [2.45, 2.75) is 25.1 Å². The van der Waals surface area contributed by atoms with E-state index >= 15 is 0 Å². The first-order valence-electron chi connectivity index (χ1n) is 6.93. The predicted octanol–water partition coefficient (Wildman–Crippen LogP) is 1.41. The molecule has 2 rings (SSSR count). The van der Waals surface area contributed by atoms with Crippen LogP contribution in [0.3, 0.4) is 0 Å². The first-order chi connectivity index (χ1) is 9.74. The molecule has 0 saturated carbocycles. The van der Waals surface area contributed by atoms with Gasteiger partial charge in [-0.15, -0.1) is 0 Å². The second-order valence-electron chi connectivity index (χ2n) is 6.13. The lowest BCUT2D eigenvalue weighted by Gasteiger charge is -2.44. The van der Waals surface area contributed by atoms with Crippen LogP contribution in [0, 0.1) is 11.3 Å². The quantitative estimate of drug-likeness (QED) is 0.847. The van der Waals surface area contributed by atoms with Gasteiger partial charge in [0, 0.05) is 25.2 Å². The lowest BCUT2D eigenvalue weighted by molar-refractivity contribution is 0.0801. The number of sulfonamides is 1. The van der Waals surface area contributed by atoms with Crippen LogP contribution >= 0.6 is 0 Å². The number of nitrogens with zero attached hydrogens (tertiary/aromatic N) is 3. The lowest BCUT2D eigenvalue weighted by Crippen LogP contribution is -2.58. The van der Waals surface area contributed by atoms with Crippen molar-refractivity contribution >= 4 is 10.0 Å². The highest BCUT2D eigenvalue weighted by Gasteiger charge is 2.36. The summed E-state index contributed by atoms with van der Waals surface area (Å²) in [6.45, 7) is 5.87. The van der Waals surface area contributed by atoms with Crippen molar-refractivity contribution in [3.8, 4) is 6.07 Å². The number of nitriles is 1. The molecular formula is C15H21N3O2S. The highest BCUT2D eigenvalue weighted by Crippen LogP contribution is 2.22. The number of likely N-dealkylation sites (N-methyl/N-ethyl adjacent to an activating group) is 1. The van der Waals surface area contributed by atoms with Gasteiger partial charge in [-0.25, -0.2) is 8.42 Å². The Morgan fingerprint density at radius 1 is 1.24 bits per heavy atom. The molecule has 1 saturated heterocycles. The van der Waals surface area contributed by atoms with Crippen LogP contribution in [0.1, 0.15) is 25.0 Å². The predicted molar refractivity (Wildman–Crippen MR) is 82.1 cm³/mol. The molecule has 1 aromatic carbocycles. The van der Waals surface area contributed by atoms with Crippen LogP contribution in [-0.2, 0) is 15.8 Å². The standard InChI is InChI=1S/C15H21N3O2S/c1-15(2)12-18(9-8-17(15)3)21(19,20)11-14-6-4-13(10-16)5-7-14/h4-7H,8-9,11-12H2,1-3H3. The van der Waals surface area contributed by atoms with Gasteiger partial charge in [0.1, 0.15) is 0 Å². The van der Waals surface area contributed by atoms with Crippen LogP contribution in [0.25, 0.3) is 0 Å². The zero-order valence-corrected chi connectivity index (χ0v) is 13.5. The summed E-state index contributed by atoms with van der Waals surface area (Å²) in [5.41, 5.74) is 1.10.